The Morgan fingerprint density at radius 2 is 1.90 bits per heavy atom. The number of hydrogen-bond donors (Lipinski definition) is 3. The van der Waals surface area contributed by atoms with Crippen LogP contribution in [0.4, 0.5) is 0 Å². The van der Waals surface area contributed by atoms with Gasteiger partial charge in [-0.3, -0.25) is 9.59 Å². The van der Waals surface area contributed by atoms with E-state index in [0.29, 0.717) is 17.7 Å². The van der Waals surface area contributed by atoms with Gasteiger partial charge in [-0.2, -0.15) is 0 Å². The van der Waals surface area contributed by atoms with Crippen molar-refractivity contribution in [3.63, 3.8) is 0 Å². The Kier molecular flexibility index (Phi) is 4.13. The van der Waals surface area contributed by atoms with E-state index in [-0.39, 0.29) is 5.91 Å². The third-order valence-corrected chi connectivity index (χ3v) is 5.61. The highest BCUT2D eigenvalue weighted by molar-refractivity contribution is 6.00. The van der Waals surface area contributed by atoms with Crippen molar-refractivity contribution >= 4 is 22.7 Å². The number of aryl methyl sites for hydroxylation is 1. The number of primary amides is 1. The van der Waals surface area contributed by atoms with Gasteiger partial charge < -0.3 is 16.0 Å². The number of carbonyl (C=O) groups excluding carboxylic acids is 2. The van der Waals surface area contributed by atoms with Crippen molar-refractivity contribution in [2.75, 3.05) is 6.54 Å². The number of pyridine rings is 1. The molecule has 0 fully saturated rings. The average Bonchev–Trinajstić information content (AvgIpc) is 3.18. The van der Waals surface area contributed by atoms with Gasteiger partial charge >= 0.3 is 0 Å². The second kappa shape index (κ2) is 6.84. The standard InChI is InChI=1S/C24H20N4O2/c1-13-5-6-15(23(25)29)11-17(13)19-8-7-14-3-2-4-16(22(14)28-19)21-12-18-20(27-21)9-10-26-24(18)30/h2-8,11-12,27H,9-10H2,1H3,(H2,25,29)(H,26,30). The maximum Gasteiger partial charge on any atom is 0.253 e. The van der Waals surface area contributed by atoms with E-state index < -0.39 is 5.91 Å². The fraction of sp³-hybridized carbons (Fsp3) is 0.125. The molecule has 2 aromatic heterocycles. The molecular weight excluding hydrogens is 376 g/mol. The highest BCUT2D eigenvalue weighted by Gasteiger charge is 2.21. The van der Waals surface area contributed by atoms with Crippen molar-refractivity contribution in [2.45, 2.75) is 13.3 Å². The minimum atomic E-state index is -0.465. The molecule has 0 spiro atoms. The van der Waals surface area contributed by atoms with Gasteiger partial charge in [0.1, 0.15) is 0 Å². The normalized spacial score (nSPS) is 13.2. The molecular formula is C24H20N4O2. The number of H-pyrrole nitrogens is 1. The number of carbonyl (C=O) groups is 2. The third kappa shape index (κ3) is 2.93. The average molecular weight is 396 g/mol. The number of para-hydroxylation sites is 1. The van der Waals surface area contributed by atoms with E-state index in [2.05, 4.69) is 10.3 Å². The molecule has 0 saturated heterocycles. The van der Waals surface area contributed by atoms with Crippen LogP contribution in [-0.4, -0.2) is 28.3 Å². The summed E-state index contributed by atoms with van der Waals surface area (Å²) in [6, 6.07) is 17.3. The molecule has 0 radical (unpaired) electrons. The second-order valence-electron chi connectivity index (χ2n) is 7.55. The van der Waals surface area contributed by atoms with Crippen LogP contribution in [0.15, 0.2) is 54.6 Å². The summed E-state index contributed by atoms with van der Waals surface area (Å²) < 4.78 is 0. The summed E-state index contributed by atoms with van der Waals surface area (Å²) >= 11 is 0. The number of benzene rings is 2. The van der Waals surface area contributed by atoms with Crippen molar-refractivity contribution in [3.8, 4) is 22.5 Å². The molecule has 4 aromatic rings. The Labute approximate surface area is 173 Å². The molecule has 2 amide bonds. The smallest absolute Gasteiger partial charge is 0.253 e. The molecule has 30 heavy (non-hydrogen) atoms. The van der Waals surface area contributed by atoms with E-state index in [1.807, 2.05) is 49.4 Å². The first-order valence-corrected chi connectivity index (χ1v) is 9.82. The number of fused-ring (bicyclic) bond motifs is 2. The van der Waals surface area contributed by atoms with Gasteiger partial charge in [0, 0.05) is 46.4 Å². The Morgan fingerprint density at radius 3 is 2.70 bits per heavy atom. The van der Waals surface area contributed by atoms with Gasteiger partial charge in [-0.25, -0.2) is 4.98 Å². The van der Waals surface area contributed by atoms with Crippen LogP contribution in [0.2, 0.25) is 0 Å². The van der Waals surface area contributed by atoms with Crippen molar-refractivity contribution in [2.24, 2.45) is 5.73 Å². The van der Waals surface area contributed by atoms with Crippen LogP contribution in [0, 0.1) is 6.92 Å². The van der Waals surface area contributed by atoms with Gasteiger partial charge in [0.2, 0.25) is 5.91 Å². The zero-order chi connectivity index (χ0) is 20.8. The molecule has 5 rings (SSSR count). The molecule has 148 valence electrons. The number of nitrogens with one attached hydrogen (secondary N) is 2. The quantitative estimate of drug-likeness (QED) is 0.493. The first-order valence-electron chi connectivity index (χ1n) is 9.82. The Bertz CT molecular complexity index is 1340. The lowest BCUT2D eigenvalue weighted by atomic mass is 10.00. The van der Waals surface area contributed by atoms with Crippen molar-refractivity contribution in [1.29, 1.82) is 0 Å². The van der Waals surface area contributed by atoms with Gasteiger partial charge in [-0.05, 0) is 36.8 Å². The number of aromatic nitrogens is 2. The lowest BCUT2D eigenvalue weighted by Gasteiger charge is -2.11. The maximum atomic E-state index is 12.2. The van der Waals surface area contributed by atoms with E-state index in [1.54, 1.807) is 12.1 Å². The fourth-order valence-corrected chi connectivity index (χ4v) is 4.00. The van der Waals surface area contributed by atoms with Gasteiger partial charge in [-0.15, -0.1) is 0 Å². The van der Waals surface area contributed by atoms with Crippen LogP contribution in [0.25, 0.3) is 33.4 Å². The summed E-state index contributed by atoms with van der Waals surface area (Å²) in [5, 5.41) is 3.88. The van der Waals surface area contributed by atoms with Crippen LogP contribution in [0.1, 0.15) is 32.0 Å². The molecule has 1 aliphatic rings. The number of rotatable bonds is 3. The lowest BCUT2D eigenvalue weighted by molar-refractivity contribution is 0.0944. The molecule has 1 aliphatic heterocycles. The molecule has 0 saturated carbocycles. The Balaban J connectivity index is 1.69. The van der Waals surface area contributed by atoms with E-state index in [9.17, 15) is 9.59 Å². The zero-order valence-electron chi connectivity index (χ0n) is 16.5. The van der Waals surface area contributed by atoms with Crippen LogP contribution in [-0.2, 0) is 6.42 Å². The predicted molar refractivity (Wildman–Crippen MR) is 116 cm³/mol. The highest BCUT2D eigenvalue weighted by Crippen LogP contribution is 2.32. The summed E-state index contributed by atoms with van der Waals surface area (Å²) in [4.78, 5) is 32.1. The Morgan fingerprint density at radius 1 is 1.03 bits per heavy atom. The molecule has 0 bridgehead atoms. The van der Waals surface area contributed by atoms with E-state index >= 15 is 0 Å². The highest BCUT2D eigenvalue weighted by atomic mass is 16.2. The lowest BCUT2D eigenvalue weighted by Crippen LogP contribution is -2.31. The van der Waals surface area contributed by atoms with Crippen molar-refractivity contribution in [3.05, 3.63) is 77.0 Å². The second-order valence-corrected chi connectivity index (χ2v) is 7.55. The molecule has 4 N–H and O–H groups in total. The van der Waals surface area contributed by atoms with E-state index in [1.165, 1.54) is 0 Å². The molecule has 0 atom stereocenters. The van der Waals surface area contributed by atoms with Gasteiger partial charge in [0.15, 0.2) is 0 Å². The fourth-order valence-electron chi connectivity index (χ4n) is 4.00. The summed E-state index contributed by atoms with van der Waals surface area (Å²) in [7, 11) is 0. The van der Waals surface area contributed by atoms with Crippen molar-refractivity contribution in [1.82, 2.24) is 15.3 Å². The van der Waals surface area contributed by atoms with Crippen LogP contribution in [0.3, 0.4) is 0 Å². The predicted octanol–water partition coefficient (Wildman–Crippen LogP) is 3.59. The number of amides is 2. The molecule has 2 aromatic carbocycles. The van der Waals surface area contributed by atoms with Crippen LogP contribution >= 0.6 is 0 Å². The minimum absolute atomic E-state index is 0.0495. The number of nitrogens with two attached hydrogens (primary N) is 1. The number of aromatic amines is 1. The Hall–Kier alpha value is -3.93. The van der Waals surface area contributed by atoms with Gasteiger partial charge in [-0.1, -0.05) is 30.3 Å². The summed E-state index contributed by atoms with van der Waals surface area (Å²) in [6.45, 7) is 2.62. The topological polar surface area (TPSA) is 101 Å². The molecule has 3 heterocycles. The number of nitrogens with zero attached hydrogens (tertiary/aromatic N) is 1. The first-order chi connectivity index (χ1) is 14.5. The first kappa shape index (κ1) is 18.1. The minimum Gasteiger partial charge on any atom is -0.366 e. The third-order valence-electron chi connectivity index (χ3n) is 5.61. The van der Waals surface area contributed by atoms with Crippen molar-refractivity contribution < 1.29 is 9.59 Å². The molecule has 0 aliphatic carbocycles. The summed E-state index contributed by atoms with van der Waals surface area (Å²) in [5.74, 6) is -0.514. The summed E-state index contributed by atoms with van der Waals surface area (Å²) in [5.41, 5.74) is 12.8. The van der Waals surface area contributed by atoms with Crippen LogP contribution in [0.5, 0.6) is 0 Å². The summed E-state index contributed by atoms with van der Waals surface area (Å²) in [6.07, 6.45) is 0.781. The van der Waals surface area contributed by atoms with E-state index in [4.69, 9.17) is 10.7 Å². The number of hydrogen-bond acceptors (Lipinski definition) is 3. The van der Waals surface area contributed by atoms with Crippen LogP contribution < -0.4 is 11.1 Å². The molecule has 6 heteroatoms. The molecule has 0 unspecified atom stereocenters. The zero-order valence-corrected chi connectivity index (χ0v) is 16.5. The SMILES string of the molecule is Cc1ccc(C(N)=O)cc1-c1ccc2cccc(-c3cc4c([nH]3)CCNC4=O)c2n1. The largest absolute Gasteiger partial charge is 0.366 e. The van der Waals surface area contributed by atoms with E-state index in [0.717, 1.165) is 51.1 Å². The maximum absolute atomic E-state index is 12.2. The molecule has 6 nitrogen and oxygen atoms in total. The van der Waals surface area contributed by atoms with Gasteiger partial charge in [0.25, 0.3) is 5.91 Å². The van der Waals surface area contributed by atoms with Gasteiger partial charge in [0.05, 0.1) is 16.8 Å². The monoisotopic (exact) mass is 396 g/mol.